The summed E-state index contributed by atoms with van der Waals surface area (Å²) in [6.07, 6.45) is 5.25. The van der Waals surface area contributed by atoms with Gasteiger partial charge in [-0.1, -0.05) is 0 Å². The van der Waals surface area contributed by atoms with Gasteiger partial charge in [0.1, 0.15) is 0 Å². The number of nitrogens with zero attached hydrogens (tertiary/aromatic N) is 5. The molecule has 1 unspecified atom stereocenters. The predicted octanol–water partition coefficient (Wildman–Crippen LogP) is 1.20. The molecule has 2 N–H and O–H groups in total. The molecule has 4 rings (SSSR count). The SMILES string of the molecule is O=C(O)c1ccc2c(n1)N(C(=O)Nc1cnccn1)C1CCN2C1. The Bertz CT molecular complexity index is 812. The fraction of sp³-hybridized carbons (Fsp3) is 0.267. The Morgan fingerprint density at radius 2 is 2.17 bits per heavy atom. The Kier molecular flexibility index (Phi) is 3.26. The number of carboxylic acids is 1. The van der Waals surface area contributed by atoms with Crippen molar-refractivity contribution in [3.63, 3.8) is 0 Å². The number of fused-ring (bicyclic) bond motifs is 4. The predicted molar refractivity (Wildman–Crippen MR) is 85.3 cm³/mol. The van der Waals surface area contributed by atoms with E-state index in [2.05, 4.69) is 25.2 Å². The molecule has 0 aromatic carbocycles. The maximum absolute atomic E-state index is 12.7. The average molecular weight is 326 g/mol. The van der Waals surface area contributed by atoms with Crippen LogP contribution in [0.1, 0.15) is 16.9 Å². The van der Waals surface area contributed by atoms with E-state index in [1.165, 1.54) is 29.6 Å². The fourth-order valence-electron chi connectivity index (χ4n) is 3.12. The number of urea groups is 1. The van der Waals surface area contributed by atoms with E-state index in [4.69, 9.17) is 0 Å². The van der Waals surface area contributed by atoms with Crippen LogP contribution in [0.15, 0.2) is 30.7 Å². The van der Waals surface area contributed by atoms with Crippen LogP contribution in [0.4, 0.5) is 22.1 Å². The van der Waals surface area contributed by atoms with E-state index in [0.29, 0.717) is 18.2 Å². The number of carboxylic acid groups (broad SMARTS) is 1. The number of hydrogen-bond acceptors (Lipinski definition) is 6. The molecule has 4 heterocycles. The maximum Gasteiger partial charge on any atom is 0.354 e. The number of anilines is 3. The minimum atomic E-state index is -1.12. The molecule has 1 fully saturated rings. The summed E-state index contributed by atoms with van der Waals surface area (Å²) in [6.45, 7) is 1.51. The number of aromatic carboxylic acids is 1. The van der Waals surface area contributed by atoms with Crippen LogP contribution >= 0.6 is 0 Å². The Hall–Kier alpha value is -3.23. The first-order chi connectivity index (χ1) is 11.6. The van der Waals surface area contributed by atoms with Crippen molar-refractivity contribution in [3.05, 3.63) is 36.4 Å². The van der Waals surface area contributed by atoms with Gasteiger partial charge in [0.05, 0.1) is 17.9 Å². The Morgan fingerprint density at radius 1 is 1.29 bits per heavy atom. The fourth-order valence-corrected chi connectivity index (χ4v) is 3.12. The van der Waals surface area contributed by atoms with Crippen LogP contribution in [-0.2, 0) is 0 Å². The van der Waals surface area contributed by atoms with Crippen molar-refractivity contribution in [1.29, 1.82) is 0 Å². The first-order valence-electron chi connectivity index (χ1n) is 7.49. The molecule has 2 aliphatic rings. The topological polar surface area (TPSA) is 112 Å². The summed E-state index contributed by atoms with van der Waals surface area (Å²) in [5, 5.41) is 11.9. The minimum Gasteiger partial charge on any atom is -0.477 e. The Balaban J connectivity index is 1.72. The third-order valence-electron chi connectivity index (χ3n) is 4.19. The summed E-state index contributed by atoms with van der Waals surface area (Å²) in [7, 11) is 0. The average Bonchev–Trinajstić information content (AvgIpc) is 3.00. The smallest absolute Gasteiger partial charge is 0.354 e. The number of nitrogens with one attached hydrogen (secondary N) is 1. The molecule has 2 aromatic rings. The van der Waals surface area contributed by atoms with Crippen LogP contribution in [0.5, 0.6) is 0 Å². The van der Waals surface area contributed by atoms with E-state index in [1.807, 2.05) is 0 Å². The lowest BCUT2D eigenvalue weighted by atomic mass is 10.2. The van der Waals surface area contributed by atoms with Crippen LogP contribution in [0.2, 0.25) is 0 Å². The lowest BCUT2D eigenvalue weighted by Crippen LogP contribution is -2.48. The molecule has 1 atom stereocenters. The first-order valence-corrected chi connectivity index (χ1v) is 7.49. The van der Waals surface area contributed by atoms with Crippen molar-refractivity contribution in [2.24, 2.45) is 0 Å². The number of rotatable bonds is 2. The second-order valence-corrected chi connectivity index (χ2v) is 5.62. The molecule has 0 aliphatic carbocycles. The molecular formula is C15H14N6O3. The van der Waals surface area contributed by atoms with Gasteiger partial charge in [-0.25, -0.2) is 19.6 Å². The second-order valence-electron chi connectivity index (χ2n) is 5.62. The van der Waals surface area contributed by atoms with Gasteiger partial charge in [-0.2, -0.15) is 0 Å². The molecule has 0 saturated carbocycles. The third kappa shape index (κ3) is 2.30. The molecule has 122 valence electrons. The van der Waals surface area contributed by atoms with Crippen LogP contribution < -0.4 is 15.1 Å². The van der Waals surface area contributed by atoms with Gasteiger partial charge in [0.25, 0.3) is 0 Å². The highest BCUT2D eigenvalue weighted by atomic mass is 16.4. The van der Waals surface area contributed by atoms with E-state index in [1.54, 1.807) is 6.07 Å². The van der Waals surface area contributed by atoms with Crippen molar-refractivity contribution in [2.75, 3.05) is 28.2 Å². The quantitative estimate of drug-likeness (QED) is 0.853. The number of hydrogen-bond donors (Lipinski definition) is 2. The third-order valence-corrected chi connectivity index (χ3v) is 4.19. The molecular weight excluding hydrogens is 312 g/mol. The van der Waals surface area contributed by atoms with Crippen molar-refractivity contribution in [3.8, 4) is 0 Å². The lowest BCUT2D eigenvalue weighted by Gasteiger charge is -2.35. The zero-order valence-corrected chi connectivity index (χ0v) is 12.6. The highest BCUT2D eigenvalue weighted by Crippen LogP contribution is 2.39. The van der Waals surface area contributed by atoms with Gasteiger partial charge in [-0.15, -0.1) is 0 Å². The molecule has 9 heteroatoms. The number of carbonyl (C=O) groups excluding carboxylic acids is 1. The molecule has 0 radical (unpaired) electrons. The number of carbonyl (C=O) groups is 2. The monoisotopic (exact) mass is 326 g/mol. The molecule has 9 nitrogen and oxygen atoms in total. The van der Waals surface area contributed by atoms with E-state index in [0.717, 1.165) is 18.7 Å². The van der Waals surface area contributed by atoms with Crippen LogP contribution in [0, 0.1) is 0 Å². The van der Waals surface area contributed by atoms with Gasteiger partial charge in [-0.3, -0.25) is 15.2 Å². The Labute approximate surface area is 137 Å². The van der Waals surface area contributed by atoms with Gasteiger partial charge in [-0.05, 0) is 18.6 Å². The molecule has 2 aliphatic heterocycles. The molecule has 1 saturated heterocycles. The van der Waals surface area contributed by atoms with Crippen LogP contribution in [0.25, 0.3) is 0 Å². The highest BCUT2D eigenvalue weighted by molar-refractivity contribution is 6.04. The molecule has 0 spiro atoms. The van der Waals surface area contributed by atoms with Gasteiger partial charge < -0.3 is 10.0 Å². The van der Waals surface area contributed by atoms with Crippen molar-refractivity contribution >= 4 is 29.3 Å². The maximum atomic E-state index is 12.7. The summed E-state index contributed by atoms with van der Waals surface area (Å²) >= 11 is 0. The van der Waals surface area contributed by atoms with Crippen LogP contribution in [0.3, 0.4) is 0 Å². The van der Waals surface area contributed by atoms with E-state index in [-0.39, 0.29) is 11.7 Å². The lowest BCUT2D eigenvalue weighted by molar-refractivity contribution is 0.0690. The van der Waals surface area contributed by atoms with Crippen molar-refractivity contribution in [2.45, 2.75) is 12.5 Å². The first kappa shape index (κ1) is 14.4. The zero-order chi connectivity index (χ0) is 16.7. The minimum absolute atomic E-state index is 0.0503. The number of amides is 2. The van der Waals surface area contributed by atoms with Crippen molar-refractivity contribution in [1.82, 2.24) is 15.0 Å². The summed E-state index contributed by atoms with van der Waals surface area (Å²) in [5.74, 6) is -0.427. The summed E-state index contributed by atoms with van der Waals surface area (Å²) in [6, 6.07) is 2.72. The standard InChI is InChI=1S/C15H14N6O3/c22-14(23)10-1-2-11-13(18-10)21(9-3-6-20(11)8-9)15(24)19-12-7-16-4-5-17-12/h1-2,4-5,7,9H,3,6,8H2,(H,22,23)(H,17,19,24). The second kappa shape index (κ2) is 5.44. The summed E-state index contributed by atoms with van der Waals surface area (Å²) in [5.41, 5.74) is 0.677. The Morgan fingerprint density at radius 3 is 2.92 bits per heavy atom. The number of aromatic nitrogens is 3. The molecule has 24 heavy (non-hydrogen) atoms. The van der Waals surface area contributed by atoms with Crippen LogP contribution in [-0.4, -0.2) is 51.2 Å². The molecule has 2 aromatic heterocycles. The van der Waals surface area contributed by atoms with E-state index in [9.17, 15) is 14.7 Å². The van der Waals surface area contributed by atoms with Gasteiger partial charge >= 0.3 is 12.0 Å². The molecule has 2 bridgehead atoms. The van der Waals surface area contributed by atoms with Crippen molar-refractivity contribution < 1.29 is 14.7 Å². The van der Waals surface area contributed by atoms with E-state index < -0.39 is 12.0 Å². The summed E-state index contributed by atoms with van der Waals surface area (Å²) < 4.78 is 0. The zero-order valence-electron chi connectivity index (χ0n) is 12.6. The normalized spacial score (nSPS) is 18.2. The van der Waals surface area contributed by atoms with Gasteiger partial charge in [0.2, 0.25) is 0 Å². The van der Waals surface area contributed by atoms with Gasteiger partial charge in [0.15, 0.2) is 17.3 Å². The number of pyridine rings is 1. The van der Waals surface area contributed by atoms with Gasteiger partial charge in [0, 0.05) is 25.5 Å². The largest absolute Gasteiger partial charge is 0.477 e. The molecule has 2 amide bonds. The summed E-state index contributed by atoms with van der Waals surface area (Å²) in [4.78, 5) is 39.7. The van der Waals surface area contributed by atoms with E-state index >= 15 is 0 Å². The highest BCUT2D eigenvalue weighted by Gasteiger charge is 2.40.